The molecule has 2 aromatic rings. The van der Waals surface area contributed by atoms with Gasteiger partial charge in [-0.25, -0.2) is 4.39 Å². The fourth-order valence-corrected chi connectivity index (χ4v) is 2.52. The SMILES string of the molecule is CCNC(c1ccc(OC)cc1)c1cc(Br)ccc1F. The molecule has 0 aliphatic rings. The third kappa shape index (κ3) is 3.38. The van der Waals surface area contributed by atoms with E-state index >= 15 is 0 Å². The molecule has 1 N–H and O–H groups in total. The molecule has 0 saturated carbocycles. The summed E-state index contributed by atoms with van der Waals surface area (Å²) in [7, 11) is 1.63. The molecule has 4 heteroatoms. The number of halogens is 2. The lowest BCUT2D eigenvalue weighted by Gasteiger charge is -2.20. The Morgan fingerprint density at radius 3 is 2.50 bits per heavy atom. The zero-order valence-electron chi connectivity index (χ0n) is 11.5. The minimum absolute atomic E-state index is 0.177. The summed E-state index contributed by atoms with van der Waals surface area (Å²) < 4.78 is 20.1. The van der Waals surface area contributed by atoms with E-state index < -0.39 is 0 Å². The first-order valence-corrected chi connectivity index (χ1v) is 7.27. The Kier molecular flexibility index (Phi) is 5.15. The first-order valence-electron chi connectivity index (χ1n) is 6.48. The second kappa shape index (κ2) is 6.86. The van der Waals surface area contributed by atoms with Crippen LogP contribution in [-0.4, -0.2) is 13.7 Å². The van der Waals surface area contributed by atoms with Crippen LogP contribution in [0.5, 0.6) is 5.75 Å². The maximum Gasteiger partial charge on any atom is 0.128 e. The molecule has 0 aliphatic carbocycles. The minimum atomic E-state index is -0.213. The Morgan fingerprint density at radius 2 is 1.90 bits per heavy atom. The Balaban J connectivity index is 2.41. The zero-order valence-corrected chi connectivity index (χ0v) is 13.1. The van der Waals surface area contributed by atoms with Gasteiger partial charge in [0.2, 0.25) is 0 Å². The number of methoxy groups -OCH3 is 1. The predicted octanol–water partition coefficient (Wildman–Crippen LogP) is 4.30. The largest absolute Gasteiger partial charge is 0.497 e. The quantitative estimate of drug-likeness (QED) is 0.878. The summed E-state index contributed by atoms with van der Waals surface area (Å²) in [6.45, 7) is 2.76. The van der Waals surface area contributed by atoms with Gasteiger partial charge in [-0.3, -0.25) is 0 Å². The topological polar surface area (TPSA) is 21.3 Å². The molecule has 0 saturated heterocycles. The summed E-state index contributed by atoms with van der Waals surface area (Å²) in [5.41, 5.74) is 1.64. The van der Waals surface area contributed by atoms with E-state index in [9.17, 15) is 4.39 Å². The summed E-state index contributed by atoms with van der Waals surface area (Å²) in [5.74, 6) is 0.577. The zero-order chi connectivity index (χ0) is 14.5. The van der Waals surface area contributed by atoms with Gasteiger partial charge in [-0.05, 0) is 42.4 Å². The molecule has 0 fully saturated rings. The van der Waals surface area contributed by atoms with E-state index in [-0.39, 0.29) is 11.9 Å². The fourth-order valence-electron chi connectivity index (χ4n) is 2.14. The van der Waals surface area contributed by atoms with Crippen molar-refractivity contribution in [1.29, 1.82) is 0 Å². The summed E-state index contributed by atoms with van der Waals surface area (Å²) in [4.78, 5) is 0. The molecule has 106 valence electrons. The molecule has 0 aromatic heterocycles. The van der Waals surface area contributed by atoms with Crippen LogP contribution >= 0.6 is 15.9 Å². The van der Waals surface area contributed by atoms with Gasteiger partial charge in [0.15, 0.2) is 0 Å². The molecule has 20 heavy (non-hydrogen) atoms. The number of benzene rings is 2. The monoisotopic (exact) mass is 337 g/mol. The van der Waals surface area contributed by atoms with E-state index in [1.807, 2.05) is 37.3 Å². The average Bonchev–Trinajstić information content (AvgIpc) is 2.48. The maximum absolute atomic E-state index is 14.1. The number of hydrogen-bond acceptors (Lipinski definition) is 2. The summed E-state index contributed by atoms with van der Waals surface area (Å²) in [6, 6.07) is 12.5. The summed E-state index contributed by atoms with van der Waals surface area (Å²) in [5, 5.41) is 3.32. The molecule has 2 aromatic carbocycles. The highest BCUT2D eigenvalue weighted by Gasteiger charge is 2.17. The number of hydrogen-bond donors (Lipinski definition) is 1. The molecule has 0 radical (unpaired) electrons. The van der Waals surface area contributed by atoms with Crippen LogP contribution in [0.3, 0.4) is 0 Å². The van der Waals surface area contributed by atoms with Crippen LogP contribution < -0.4 is 10.1 Å². The van der Waals surface area contributed by atoms with Gasteiger partial charge in [-0.15, -0.1) is 0 Å². The van der Waals surface area contributed by atoms with Crippen molar-refractivity contribution in [3.8, 4) is 5.75 Å². The van der Waals surface area contributed by atoms with Crippen LogP contribution in [0.15, 0.2) is 46.9 Å². The number of rotatable bonds is 5. The van der Waals surface area contributed by atoms with Crippen molar-refractivity contribution in [3.05, 3.63) is 63.9 Å². The molecular weight excluding hydrogens is 321 g/mol. The molecule has 0 amide bonds. The van der Waals surface area contributed by atoms with Crippen LogP contribution in [0.4, 0.5) is 4.39 Å². The summed E-state index contributed by atoms with van der Waals surface area (Å²) in [6.07, 6.45) is 0. The molecular formula is C16H17BrFNO. The summed E-state index contributed by atoms with van der Waals surface area (Å²) >= 11 is 3.40. The fraction of sp³-hybridized carbons (Fsp3) is 0.250. The van der Waals surface area contributed by atoms with Crippen molar-refractivity contribution in [2.75, 3.05) is 13.7 Å². The van der Waals surface area contributed by atoms with Gasteiger partial charge in [0.1, 0.15) is 11.6 Å². The Bertz CT molecular complexity index is 571. The van der Waals surface area contributed by atoms with Gasteiger partial charge < -0.3 is 10.1 Å². The molecule has 2 nitrogen and oxygen atoms in total. The van der Waals surface area contributed by atoms with Gasteiger partial charge >= 0.3 is 0 Å². The van der Waals surface area contributed by atoms with Crippen molar-refractivity contribution in [2.24, 2.45) is 0 Å². The van der Waals surface area contributed by atoms with Gasteiger partial charge in [0.05, 0.1) is 13.2 Å². The van der Waals surface area contributed by atoms with Gasteiger partial charge in [0, 0.05) is 10.0 Å². The Morgan fingerprint density at radius 1 is 1.20 bits per heavy atom. The van der Waals surface area contributed by atoms with Gasteiger partial charge in [-0.2, -0.15) is 0 Å². The van der Waals surface area contributed by atoms with Gasteiger partial charge in [0.25, 0.3) is 0 Å². The minimum Gasteiger partial charge on any atom is -0.497 e. The molecule has 1 atom stereocenters. The first kappa shape index (κ1) is 15.0. The lowest BCUT2D eigenvalue weighted by atomic mass is 9.98. The van der Waals surface area contributed by atoms with Crippen molar-refractivity contribution in [1.82, 2.24) is 5.32 Å². The van der Waals surface area contributed by atoms with Crippen molar-refractivity contribution in [2.45, 2.75) is 13.0 Å². The second-order valence-electron chi connectivity index (χ2n) is 4.43. The van der Waals surface area contributed by atoms with Crippen LogP contribution in [0, 0.1) is 5.82 Å². The molecule has 0 spiro atoms. The van der Waals surface area contributed by atoms with E-state index in [1.54, 1.807) is 13.2 Å². The van der Waals surface area contributed by atoms with Gasteiger partial charge in [-0.1, -0.05) is 35.0 Å². The lowest BCUT2D eigenvalue weighted by Crippen LogP contribution is -2.23. The van der Waals surface area contributed by atoms with Crippen molar-refractivity contribution >= 4 is 15.9 Å². The molecule has 0 aliphatic heterocycles. The van der Waals surface area contributed by atoms with E-state index in [4.69, 9.17) is 4.74 Å². The average molecular weight is 338 g/mol. The molecule has 2 rings (SSSR count). The highest BCUT2D eigenvalue weighted by molar-refractivity contribution is 9.10. The maximum atomic E-state index is 14.1. The molecule has 0 heterocycles. The number of ether oxygens (including phenoxy) is 1. The van der Waals surface area contributed by atoms with Crippen LogP contribution in [0.2, 0.25) is 0 Å². The normalized spacial score (nSPS) is 12.2. The third-order valence-corrected chi connectivity index (χ3v) is 3.62. The Labute approximate surface area is 127 Å². The number of nitrogens with one attached hydrogen (secondary N) is 1. The van der Waals surface area contributed by atoms with E-state index in [2.05, 4.69) is 21.2 Å². The van der Waals surface area contributed by atoms with Crippen molar-refractivity contribution in [3.63, 3.8) is 0 Å². The predicted molar refractivity (Wildman–Crippen MR) is 82.6 cm³/mol. The van der Waals surface area contributed by atoms with E-state index in [0.717, 1.165) is 22.3 Å². The van der Waals surface area contributed by atoms with Crippen LogP contribution in [0.25, 0.3) is 0 Å². The Hall–Kier alpha value is -1.39. The van der Waals surface area contributed by atoms with Crippen LogP contribution in [-0.2, 0) is 0 Å². The third-order valence-electron chi connectivity index (χ3n) is 3.13. The standard InChI is InChI=1S/C16H17BrFNO/c1-3-19-16(11-4-7-13(20-2)8-5-11)14-10-12(17)6-9-15(14)18/h4-10,16,19H,3H2,1-2H3. The highest BCUT2D eigenvalue weighted by Crippen LogP contribution is 2.28. The smallest absolute Gasteiger partial charge is 0.128 e. The van der Waals surface area contributed by atoms with Crippen molar-refractivity contribution < 1.29 is 9.13 Å². The molecule has 0 bridgehead atoms. The van der Waals surface area contributed by atoms with Crippen LogP contribution in [0.1, 0.15) is 24.1 Å². The van der Waals surface area contributed by atoms with E-state index in [1.165, 1.54) is 6.07 Å². The second-order valence-corrected chi connectivity index (χ2v) is 5.35. The lowest BCUT2D eigenvalue weighted by molar-refractivity contribution is 0.414. The molecule has 1 unspecified atom stereocenters. The highest BCUT2D eigenvalue weighted by atomic mass is 79.9. The van der Waals surface area contributed by atoms with E-state index in [0.29, 0.717) is 5.56 Å². The first-order chi connectivity index (χ1) is 9.65.